The van der Waals surface area contributed by atoms with Crippen molar-refractivity contribution < 1.29 is 10.2 Å². The van der Waals surface area contributed by atoms with Gasteiger partial charge in [0.1, 0.15) is 11.5 Å². The van der Waals surface area contributed by atoms with Crippen LogP contribution in [0.3, 0.4) is 0 Å². The molecule has 2 aliphatic rings. The van der Waals surface area contributed by atoms with Crippen molar-refractivity contribution in [3.63, 3.8) is 0 Å². The van der Waals surface area contributed by atoms with Gasteiger partial charge in [-0.1, -0.05) is 98.8 Å². The molecule has 0 aromatic heterocycles. The molecule has 0 unspecified atom stereocenters. The number of hydrogen-bond donors (Lipinski definition) is 2. The molecule has 6 rings (SSSR count). The van der Waals surface area contributed by atoms with Gasteiger partial charge in [-0.2, -0.15) is 0 Å². The van der Waals surface area contributed by atoms with Gasteiger partial charge in [-0.05, 0) is 115 Å². The summed E-state index contributed by atoms with van der Waals surface area (Å²) in [6.07, 6.45) is 9.46. The second-order valence-electron chi connectivity index (χ2n) is 13.4. The molecule has 0 amide bonds. The minimum atomic E-state index is 0.00936. The van der Waals surface area contributed by atoms with Crippen molar-refractivity contribution >= 4 is 0 Å². The molecule has 2 aliphatic carbocycles. The van der Waals surface area contributed by atoms with Gasteiger partial charge in [-0.3, -0.25) is 0 Å². The lowest BCUT2D eigenvalue weighted by Crippen LogP contribution is -2.43. The molecule has 0 atom stereocenters. The fraction of sp³-hybridized carbons (Fsp3) is 0.385. The van der Waals surface area contributed by atoms with Crippen LogP contribution in [0.5, 0.6) is 11.5 Å². The standard InChI is InChI=1S/C39H44O2/c1-37(2,29-21-25-38(26-22-29,31-9-5-3-6-10-31)33-13-17-35(40)18-14-33)30-23-27-39(28-24-30,32-11-7-4-8-12-32)34-15-19-36(41)20-16-34/h3-20,29-30,40-41H,21-28H2,1-2H3. The molecule has 2 N–H and O–H groups in total. The van der Waals surface area contributed by atoms with E-state index in [1.165, 1.54) is 47.9 Å². The summed E-state index contributed by atoms with van der Waals surface area (Å²) >= 11 is 0. The average Bonchev–Trinajstić information content (AvgIpc) is 3.02. The van der Waals surface area contributed by atoms with E-state index in [1.807, 2.05) is 24.3 Å². The van der Waals surface area contributed by atoms with Crippen LogP contribution < -0.4 is 0 Å². The Labute approximate surface area is 246 Å². The number of benzene rings is 4. The average molecular weight is 545 g/mol. The lowest BCUT2D eigenvalue weighted by Gasteiger charge is -2.51. The van der Waals surface area contributed by atoms with Gasteiger partial charge in [0.25, 0.3) is 0 Å². The Morgan fingerprint density at radius 3 is 1.07 bits per heavy atom. The number of hydrogen-bond acceptors (Lipinski definition) is 2. The highest BCUT2D eigenvalue weighted by molar-refractivity contribution is 5.43. The SMILES string of the molecule is CC(C)(C1CCC(c2ccccc2)(c2ccc(O)cc2)CC1)C1CCC(c2ccccc2)(c2ccc(O)cc2)CC1. The summed E-state index contributed by atoms with van der Waals surface area (Å²) in [6, 6.07) is 38.1. The molecule has 0 saturated heterocycles. The van der Waals surface area contributed by atoms with Gasteiger partial charge < -0.3 is 10.2 Å². The minimum Gasteiger partial charge on any atom is -0.508 e. The third kappa shape index (κ3) is 5.07. The summed E-state index contributed by atoms with van der Waals surface area (Å²) in [7, 11) is 0. The smallest absolute Gasteiger partial charge is 0.115 e. The minimum absolute atomic E-state index is 0.00936. The van der Waals surface area contributed by atoms with Gasteiger partial charge in [-0.15, -0.1) is 0 Å². The van der Waals surface area contributed by atoms with Crippen LogP contribution in [0.25, 0.3) is 0 Å². The molecular formula is C39H44O2. The van der Waals surface area contributed by atoms with Crippen molar-refractivity contribution in [2.24, 2.45) is 17.3 Å². The highest BCUT2D eigenvalue weighted by Gasteiger charge is 2.47. The van der Waals surface area contributed by atoms with Gasteiger partial charge in [-0.25, -0.2) is 0 Å². The molecule has 0 heterocycles. The summed E-state index contributed by atoms with van der Waals surface area (Å²) in [5, 5.41) is 20.0. The van der Waals surface area contributed by atoms with Crippen LogP contribution in [0.4, 0.5) is 0 Å². The second kappa shape index (κ2) is 11.0. The van der Waals surface area contributed by atoms with Crippen molar-refractivity contribution in [3.05, 3.63) is 131 Å². The van der Waals surface area contributed by atoms with Crippen molar-refractivity contribution in [1.82, 2.24) is 0 Å². The van der Waals surface area contributed by atoms with E-state index >= 15 is 0 Å². The van der Waals surface area contributed by atoms with Gasteiger partial charge >= 0.3 is 0 Å². The maximum absolute atomic E-state index is 9.99. The third-order valence-electron chi connectivity index (χ3n) is 11.3. The van der Waals surface area contributed by atoms with Gasteiger partial charge in [0.05, 0.1) is 0 Å². The fourth-order valence-electron chi connectivity index (χ4n) is 8.61. The van der Waals surface area contributed by atoms with E-state index in [2.05, 4.69) is 98.8 Å². The van der Waals surface area contributed by atoms with Gasteiger partial charge in [0.15, 0.2) is 0 Å². The van der Waals surface area contributed by atoms with Crippen molar-refractivity contribution in [2.75, 3.05) is 0 Å². The Balaban J connectivity index is 1.22. The van der Waals surface area contributed by atoms with E-state index in [1.54, 1.807) is 0 Å². The summed E-state index contributed by atoms with van der Waals surface area (Å²) in [6.45, 7) is 5.10. The molecule has 0 aliphatic heterocycles. The zero-order chi connectivity index (χ0) is 28.5. The largest absolute Gasteiger partial charge is 0.508 e. The summed E-state index contributed by atoms with van der Waals surface area (Å²) in [5.41, 5.74) is 5.76. The molecule has 0 radical (unpaired) electrons. The highest BCUT2D eigenvalue weighted by Crippen LogP contribution is 2.57. The first-order valence-electron chi connectivity index (χ1n) is 15.5. The van der Waals surface area contributed by atoms with Crippen LogP contribution in [-0.2, 0) is 10.8 Å². The Morgan fingerprint density at radius 1 is 0.463 bits per heavy atom. The Bertz CT molecular complexity index is 1290. The molecule has 4 aromatic carbocycles. The first kappa shape index (κ1) is 27.6. The maximum atomic E-state index is 9.99. The summed E-state index contributed by atoms with van der Waals surface area (Å²) in [4.78, 5) is 0. The second-order valence-corrected chi connectivity index (χ2v) is 13.4. The Hall–Kier alpha value is -3.52. The number of phenolic OH excluding ortho intramolecular Hbond substituents is 2. The molecule has 0 bridgehead atoms. The van der Waals surface area contributed by atoms with Gasteiger partial charge in [0, 0.05) is 10.8 Å². The van der Waals surface area contributed by atoms with E-state index < -0.39 is 0 Å². The Kier molecular flexibility index (Phi) is 7.45. The predicted molar refractivity (Wildman–Crippen MR) is 168 cm³/mol. The monoisotopic (exact) mass is 544 g/mol. The van der Waals surface area contributed by atoms with E-state index in [0.717, 1.165) is 25.7 Å². The molecule has 2 nitrogen and oxygen atoms in total. The van der Waals surface area contributed by atoms with Crippen molar-refractivity contribution in [2.45, 2.75) is 76.0 Å². The maximum Gasteiger partial charge on any atom is 0.115 e. The fourth-order valence-corrected chi connectivity index (χ4v) is 8.61. The molecule has 4 aromatic rings. The highest BCUT2D eigenvalue weighted by atomic mass is 16.3. The van der Waals surface area contributed by atoms with Crippen LogP contribution in [0.15, 0.2) is 109 Å². The third-order valence-corrected chi connectivity index (χ3v) is 11.3. The van der Waals surface area contributed by atoms with Crippen LogP contribution >= 0.6 is 0 Å². The van der Waals surface area contributed by atoms with Crippen LogP contribution in [0.1, 0.15) is 87.5 Å². The molecule has 2 saturated carbocycles. The van der Waals surface area contributed by atoms with Crippen molar-refractivity contribution in [3.8, 4) is 11.5 Å². The van der Waals surface area contributed by atoms with Gasteiger partial charge in [0.2, 0.25) is 0 Å². The zero-order valence-electron chi connectivity index (χ0n) is 24.6. The van der Waals surface area contributed by atoms with E-state index in [-0.39, 0.29) is 16.2 Å². The molecule has 0 spiro atoms. The topological polar surface area (TPSA) is 40.5 Å². The van der Waals surface area contributed by atoms with E-state index in [4.69, 9.17) is 0 Å². The summed E-state index contributed by atoms with van der Waals surface area (Å²) in [5.74, 6) is 2.06. The van der Waals surface area contributed by atoms with Crippen LogP contribution in [0.2, 0.25) is 0 Å². The number of rotatable bonds is 6. The molecule has 41 heavy (non-hydrogen) atoms. The van der Waals surface area contributed by atoms with Crippen LogP contribution in [0, 0.1) is 17.3 Å². The first-order chi connectivity index (χ1) is 19.8. The van der Waals surface area contributed by atoms with Crippen molar-refractivity contribution in [1.29, 1.82) is 0 Å². The molecule has 2 fully saturated rings. The number of aromatic hydroxyl groups is 2. The van der Waals surface area contributed by atoms with Crippen LogP contribution in [-0.4, -0.2) is 10.2 Å². The predicted octanol–water partition coefficient (Wildman–Crippen LogP) is 9.78. The zero-order valence-corrected chi connectivity index (χ0v) is 24.6. The molecular weight excluding hydrogens is 500 g/mol. The number of phenols is 2. The van der Waals surface area contributed by atoms with E-state index in [0.29, 0.717) is 23.3 Å². The molecule has 212 valence electrons. The van der Waals surface area contributed by atoms with E-state index in [9.17, 15) is 10.2 Å². The summed E-state index contributed by atoms with van der Waals surface area (Å²) < 4.78 is 0. The normalized spacial score (nSPS) is 26.9. The lowest BCUT2D eigenvalue weighted by molar-refractivity contribution is 0.0364. The first-order valence-corrected chi connectivity index (χ1v) is 15.5. The Morgan fingerprint density at radius 2 is 0.756 bits per heavy atom. The quantitative estimate of drug-likeness (QED) is 0.254. The molecule has 2 heteroatoms. The lowest BCUT2D eigenvalue weighted by atomic mass is 9.53.